The maximum atomic E-state index is 12.7. The van der Waals surface area contributed by atoms with Crippen molar-refractivity contribution in [3.05, 3.63) is 77.4 Å². The molecule has 0 fully saturated rings. The van der Waals surface area contributed by atoms with Crippen LogP contribution in [0.2, 0.25) is 0 Å². The number of carbonyl (C=O) groups excluding carboxylic acids is 2. The van der Waals surface area contributed by atoms with E-state index in [1.807, 2.05) is 43.3 Å². The third-order valence-corrected chi connectivity index (χ3v) is 4.85. The molecule has 27 heavy (non-hydrogen) atoms. The van der Waals surface area contributed by atoms with Gasteiger partial charge in [-0.1, -0.05) is 42.5 Å². The van der Waals surface area contributed by atoms with Gasteiger partial charge in [-0.15, -0.1) is 0 Å². The van der Waals surface area contributed by atoms with Crippen molar-refractivity contribution in [3.63, 3.8) is 0 Å². The molecule has 3 aromatic carbocycles. The van der Waals surface area contributed by atoms with Crippen LogP contribution in [0.25, 0.3) is 10.8 Å². The van der Waals surface area contributed by atoms with E-state index in [1.165, 1.54) is 0 Å². The highest BCUT2D eigenvalue weighted by molar-refractivity contribution is 6.00. The van der Waals surface area contributed by atoms with Gasteiger partial charge in [0, 0.05) is 10.9 Å². The van der Waals surface area contributed by atoms with Crippen molar-refractivity contribution in [2.75, 3.05) is 7.11 Å². The van der Waals surface area contributed by atoms with Crippen molar-refractivity contribution in [1.29, 1.82) is 0 Å². The summed E-state index contributed by atoms with van der Waals surface area (Å²) >= 11 is 0. The topological polar surface area (TPSA) is 64.6 Å². The highest BCUT2D eigenvalue weighted by atomic mass is 16.6. The van der Waals surface area contributed by atoms with Crippen LogP contribution >= 0.6 is 0 Å². The Bertz CT molecular complexity index is 1040. The van der Waals surface area contributed by atoms with Crippen LogP contribution < -0.4 is 10.1 Å². The number of amides is 1. The number of cyclic esters (lactones) is 1. The van der Waals surface area contributed by atoms with Crippen LogP contribution in [-0.2, 0) is 9.53 Å². The van der Waals surface area contributed by atoms with Crippen molar-refractivity contribution < 1.29 is 19.1 Å². The second kappa shape index (κ2) is 6.76. The summed E-state index contributed by atoms with van der Waals surface area (Å²) in [6, 6.07) is 18.5. The minimum Gasteiger partial charge on any atom is -0.496 e. The number of hydrogen-bond acceptors (Lipinski definition) is 4. The number of carbonyl (C=O) groups is 2. The van der Waals surface area contributed by atoms with Gasteiger partial charge in [0.25, 0.3) is 5.91 Å². The lowest BCUT2D eigenvalue weighted by atomic mass is 10.0. The number of rotatable bonds is 4. The zero-order valence-corrected chi connectivity index (χ0v) is 15.1. The first-order chi connectivity index (χ1) is 13.1. The number of hydrogen-bond donors (Lipinski definition) is 1. The molecule has 5 nitrogen and oxygen atoms in total. The van der Waals surface area contributed by atoms with Gasteiger partial charge >= 0.3 is 5.97 Å². The first-order valence-corrected chi connectivity index (χ1v) is 8.75. The summed E-state index contributed by atoms with van der Waals surface area (Å²) in [5.74, 6) is -0.0551. The van der Waals surface area contributed by atoms with Gasteiger partial charge in [0.2, 0.25) is 6.10 Å². The summed E-state index contributed by atoms with van der Waals surface area (Å²) in [6.07, 6.45) is -0.918. The van der Waals surface area contributed by atoms with Gasteiger partial charge in [-0.2, -0.15) is 0 Å². The average Bonchev–Trinajstić information content (AvgIpc) is 3.04. The van der Waals surface area contributed by atoms with Gasteiger partial charge < -0.3 is 14.8 Å². The maximum absolute atomic E-state index is 12.7. The van der Waals surface area contributed by atoms with E-state index in [0.29, 0.717) is 11.1 Å². The van der Waals surface area contributed by atoms with Crippen LogP contribution in [0.3, 0.4) is 0 Å². The van der Waals surface area contributed by atoms with Crippen molar-refractivity contribution in [1.82, 2.24) is 5.32 Å². The number of esters is 1. The molecule has 4 rings (SSSR count). The van der Waals surface area contributed by atoms with E-state index < -0.39 is 12.1 Å². The highest BCUT2D eigenvalue weighted by Crippen LogP contribution is 2.33. The van der Waals surface area contributed by atoms with Crippen LogP contribution in [0.5, 0.6) is 5.75 Å². The normalized spacial score (nSPS) is 16.5. The lowest BCUT2D eigenvalue weighted by Gasteiger charge is -2.19. The van der Waals surface area contributed by atoms with E-state index in [1.54, 1.807) is 31.4 Å². The number of ether oxygens (including phenoxy) is 2. The number of methoxy groups -OCH3 is 1. The zero-order valence-electron chi connectivity index (χ0n) is 15.1. The molecule has 0 spiro atoms. The fourth-order valence-corrected chi connectivity index (χ4v) is 3.43. The molecule has 1 heterocycles. The maximum Gasteiger partial charge on any atom is 0.339 e. The summed E-state index contributed by atoms with van der Waals surface area (Å²) in [4.78, 5) is 24.7. The van der Waals surface area contributed by atoms with E-state index in [9.17, 15) is 9.59 Å². The summed E-state index contributed by atoms with van der Waals surface area (Å²) in [7, 11) is 1.63. The molecule has 1 N–H and O–H groups in total. The standard InChI is InChI=1S/C22H19NO4/c1-13(15-11-14-7-3-4-8-16(14)19(12-15)26-2)23-21(24)20-17-9-5-6-10-18(17)22(25)27-20/h3-13,20H,1-2H3,(H,23,24). The molecule has 2 atom stereocenters. The van der Waals surface area contributed by atoms with Crippen molar-refractivity contribution >= 4 is 22.6 Å². The van der Waals surface area contributed by atoms with Crippen LogP contribution in [0.1, 0.15) is 40.6 Å². The first-order valence-electron chi connectivity index (χ1n) is 8.75. The van der Waals surface area contributed by atoms with E-state index in [2.05, 4.69) is 5.32 Å². The molecule has 3 aromatic rings. The SMILES string of the molecule is COc1cc(C(C)NC(=O)C2OC(=O)c3ccccc32)cc2ccccc12. The molecule has 2 unspecified atom stereocenters. The Morgan fingerprint density at radius 3 is 2.67 bits per heavy atom. The molecule has 0 bridgehead atoms. The largest absolute Gasteiger partial charge is 0.496 e. The van der Waals surface area contributed by atoms with Gasteiger partial charge in [0.1, 0.15) is 5.75 Å². The van der Waals surface area contributed by atoms with E-state index >= 15 is 0 Å². The highest BCUT2D eigenvalue weighted by Gasteiger charge is 2.36. The quantitative estimate of drug-likeness (QED) is 0.715. The monoisotopic (exact) mass is 361 g/mol. The third kappa shape index (κ3) is 3.01. The lowest BCUT2D eigenvalue weighted by Crippen LogP contribution is -2.31. The Morgan fingerprint density at radius 2 is 1.85 bits per heavy atom. The Labute approximate surface area is 156 Å². The lowest BCUT2D eigenvalue weighted by molar-refractivity contribution is -0.130. The van der Waals surface area contributed by atoms with Crippen molar-refractivity contribution in [3.8, 4) is 5.75 Å². The van der Waals surface area contributed by atoms with Crippen molar-refractivity contribution in [2.45, 2.75) is 19.1 Å². The van der Waals surface area contributed by atoms with Crippen LogP contribution in [0.4, 0.5) is 0 Å². The predicted octanol–water partition coefficient (Wildman–Crippen LogP) is 3.94. The van der Waals surface area contributed by atoms with Gasteiger partial charge in [-0.3, -0.25) is 4.79 Å². The molecule has 0 radical (unpaired) electrons. The Morgan fingerprint density at radius 1 is 1.11 bits per heavy atom. The molecule has 136 valence electrons. The fraction of sp³-hybridized carbons (Fsp3) is 0.182. The van der Waals surface area contributed by atoms with Crippen LogP contribution in [-0.4, -0.2) is 19.0 Å². The smallest absolute Gasteiger partial charge is 0.339 e. The molecule has 0 aliphatic carbocycles. The van der Waals surface area contributed by atoms with Crippen LogP contribution in [0.15, 0.2) is 60.7 Å². The second-order valence-corrected chi connectivity index (χ2v) is 6.55. The minimum absolute atomic E-state index is 0.275. The van der Waals surface area contributed by atoms with Gasteiger partial charge in [0.15, 0.2) is 0 Å². The fourth-order valence-electron chi connectivity index (χ4n) is 3.43. The van der Waals surface area contributed by atoms with Crippen LogP contribution in [0, 0.1) is 0 Å². The molecule has 5 heteroatoms. The number of benzene rings is 3. The minimum atomic E-state index is -0.918. The molecule has 0 aromatic heterocycles. The molecular weight excluding hydrogens is 342 g/mol. The Kier molecular flexibility index (Phi) is 4.28. The predicted molar refractivity (Wildman–Crippen MR) is 102 cm³/mol. The van der Waals surface area contributed by atoms with E-state index in [0.717, 1.165) is 22.1 Å². The Balaban J connectivity index is 1.59. The Hall–Kier alpha value is -3.34. The zero-order chi connectivity index (χ0) is 19.0. The van der Waals surface area contributed by atoms with Crippen molar-refractivity contribution in [2.24, 2.45) is 0 Å². The van der Waals surface area contributed by atoms with Gasteiger partial charge in [0.05, 0.1) is 18.7 Å². The number of nitrogens with one attached hydrogen (secondary N) is 1. The molecule has 0 saturated carbocycles. The molecule has 1 aliphatic rings. The second-order valence-electron chi connectivity index (χ2n) is 6.55. The van der Waals surface area contributed by atoms with E-state index in [4.69, 9.17) is 9.47 Å². The summed E-state index contributed by atoms with van der Waals surface area (Å²) in [6.45, 7) is 1.89. The van der Waals surface area contributed by atoms with E-state index in [-0.39, 0.29) is 11.9 Å². The molecular formula is C22H19NO4. The average molecular weight is 361 g/mol. The molecule has 1 aliphatic heterocycles. The molecule has 1 amide bonds. The summed E-state index contributed by atoms with van der Waals surface area (Å²) < 4.78 is 10.8. The summed E-state index contributed by atoms with van der Waals surface area (Å²) in [5, 5.41) is 4.99. The number of fused-ring (bicyclic) bond motifs is 2. The first kappa shape index (κ1) is 17.1. The van der Waals surface area contributed by atoms with Gasteiger partial charge in [-0.05, 0) is 36.1 Å². The summed E-state index contributed by atoms with van der Waals surface area (Å²) in [5.41, 5.74) is 1.96. The van der Waals surface area contributed by atoms with Gasteiger partial charge in [-0.25, -0.2) is 4.79 Å². The molecule has 0 saturated heterocycles. The third-order valence-electron chi connectivity index (χ3n) is 4.85.